The fourth-order valence-electron chi connectivity index (χ4n) is 4.77. The average molecular weight is 343 g/mol. The van der Waals surface area contributed by atoms with E-state index in [1.807, 2.05) is 23.1 Å². The Kier molecular flexibility index (Phi) is 4.95. The monoisotopic (exact) mass is 343 g/mol. The Bertz CT molecular complexity index is 599. The molecule has 2 N–H and O–H groups in total. The van der Waals surface area contributed by atoms with Crippen LogP contribution in [0.15, 0.2) is 24.3 Å². The van der Waals surface area contributed by atoms with Crippen LogP contribution in [0.1, 0.15) is 37.7 Å². The van der Waals surface area contributed by atoms with E-state index in [-0.39, 0.29) is 6.04 Å². The maximum atomic E-state index is 12.9. The van der Waals surface area contributed by atoms with Gasteiger partial charge in [0.25, 0.3) is 0 Å². The third-order valence-corrected chi connectivity index (χ3v) is 6.16. The summed E-state index contributed by atoms with van der Waals surface area (Å²) >= 11 is 0. The van der Waals surface area contributed by atoms with Gasteiger partial charge in [-0.3, -0.25) is 9.69 Å². The predicted molar refractivity (Wildman–Crippen MR) is 97.3 cm³/mol. The van der Waals surface area contributed by atoms with Crippen molar-refractivity contribution in [2.75, 3.05) is 26.2 Å². The maximum absolute atomic E-state index is 12.9. The second kappa shape index (κ2) is 7.34. The van der Waals surface area contributed by atoms with Gasteiger partial charge in [-0.1, -0.05) is 25.0 Å². The predicted octanol–water partition coefficient (Wildman–Crippen LogP) is 1.96. The quantitative estimate of drug-likeness (QED) is 0.881. The average Bonchev–Trinajstić information content (AvgIpc) is 3.06. The van der Waals surface area contributed by atoms with Crippen molar-refractivity contribution in [2.24, 2.45) is 5.92 Å². The van der Waals surface area contributed by atoms with E-state index in [1.54, 1.807) is 6.07 Å². The highest BCUT2D eigenvalue weighted by molar-refractivity contribution is 5.82. The van der Waals surface area contributed by atoms with E-state index in [1.165, 1.54) is 25.7 Å². The van der Waals surface area contributed by atoms with E-state index in [0.717, 1.165) is 50.6 Å². The fourth-order valence-corrected chi connectivity index (χ4v) is 4.77. The van der Waals surface area contributed by atoms with Crippen molar-refractivity contribution in [2.45, 2.75) is 50.7 Å². The molecule has 5 nitrogen and oxygen atoms in total. The summed E-state index contributed by atoms with van der Waals surface area (Å²) in [5, 5.41) is 13.2. The third-order valence-electron chi connectivity index (χ3n) is 6.16. The number of amides is 1. The molecular formula is C20H29N3O2. The summed E-state index contributed by atoms with van der Waals surface area (Å²) < 4.78 is 0. The zero-order valence-corrected chi connectivity index (χ0v) is 14.9. The standard InChI is InChI=1S/C20H29N3O2/c24-17-6-3-4-15(12-17)14-22-8-10-23(11-9-22)20(25)19-13-16-5-1-2-7-18(16)21-19/h3-4,6,12,16,18-19,21,24H,1-2,5,7-11,13-14H2. The molecule has 0 aromatic heterocycles. The van der Waals surface area contributed by atoms with Crippen molar-refractivity contribution < 1.29 is 9.90 Å². The van der Waals surface area contributed by atoms with Gasteiger partial charge in [-0.05, 0) is 42.9 Å². The van der Waals surface area contributed by atoms with Crippen LogP contribution in [-0.4, -0.2) is 59.1 Å². The molecule has 0 bridgehead atoms. The van der Waals surface area contributed by atoms with Gasteiger partial charge in [0.05, 0.1) is 6.04 Å². The molecule has 2 heterocycles. The van der Waals surface area contributed by atoms with Crippen LogP contribution in [0.25, 0.3) is 0 Å². The summed E-state index contributed by atoms with van der Waals surface area (Å²) in [5.74, 6) is 1.35. The Balaban J connectivity index is 1.27. The summed E-state index contributed by atoms with van der Waals surface area (Å²) in [5.41, 5.74) is 1.13. The molecule has 25 heavy (non-hydrogen) atoms. The SMILES string of the molecule is O=C(C1CC2CCCCC2N1)N1CCN(Cc2cccc(O)c2)CC1. The van der Waals surface area contributed by atoms with Gasteiger partial charge in [0.15, 0.2) is 0 Å². The molecule has 5 heteroatoms. The minimum atomic E-state index is 0.0470. The first-order valence-electron chi connectivity index (χ1n) is 9.74. The van der Waals surface area contributed by atoms with E-state index in [9.17, 15) is 9.90 Å². The smallest absolute Gasteiger partial charge is 0.239 e. The highest BCUT2D eigenvalue weighted by Crippen LogP contribution is 2.33. The van der Waals surface area contributed by atoms with Crippen LogP contribution in [0.3, 0.4) is 0 Å². The lowest BCUT2D eigenvalue weighted by Crippen LogP contribution is -2.53. The molecule has 1 aromatic rings. The molecule has 1 aliphatic carbocycles. The van der Waals surface area contributed by atoms with Crippen molar-refractivity contribution in [3.8, 4) is 5.75 Å². The van der Waals surface area contributed by atoms with Crippen LogP contribution in [0.5, 0.6) is 5.75 Å². The van der Waals surface area contributed by atoms with Gasteiger partial charge in [-0.15, -0.1) is 0 Å². The number of piperazine rings is 1. The Labute approximate surface area is 150 Å². The first kappa shape index (κ1) is 16.9. The molecule has 2 aliphatic heterocycles. The van der Waals surface area contributed by atoms with E-state index in [4.69, 9.17) is 0 Å². The molecule has 2 saturated heterocycles. The van der Waals surface area contributed by atoms with E-state index in [2.05, 4.69) is 10.2 Å². The molecule has 4 rings (SSSR count). The zero-order valence-electron chi connectivity index (χ0n) is 14.9. The number of carbonyl (C=O) groups is 1. The lowest BCUT2D eigenvalue weighted by Gasteiger charge is -2.36. The van der Waals surface area contributed by atoms with Crippen LogP contribution in [0.2, 0.25) is 0 Å². The maximum Gasteiger partial charge on any atom is 0.239 e. The normalized spacial score (nSPS) is 30.2. The lowest BCUT2D eigenvalue weighted by molar-refractivity contribution is -0.135. The molecule has 3 fully saturated rings. The minimum absolute atomic E-state index is 0.0470. The number of nitrogens with one attached hydrogen (secondary N) is 1. The minimum Gasteiger partial charge on any atom is -0.508 e. The molecule has 1 amide bonds. The molecule has 1 aromatic carbocycles. The van der Waals surface area contributed by atoms with Gasteiger partial charge in [-0.2, -0.15) is 0 Å². The van der Waals surface area contributed by atoms with Crippen LogP contribution >= 0.6 is 0 Å². The summed E-state index contributed by atoms with van der Waals surface area (Å²) in [4.78, 5) is 17.3. The molecule has 3 atom stereocenters. The van der Waals surface area contributed by atoms with Crippen molar-refractivity contribution in [1.82, 2.24) is 15.1 Å². The summed E-state index contributed by atoms with van der Waals surface area (Å²) in [7, 11) is 0. The molecule has 0 spiro atoms. The Hall–Kier alpha value is -1.59. The van der Waals surface area contributed by atoms with Gasteiger partial charge in [-0.25, -0.2) is 0 Å². The van der Waals surface area contributed by atoms with Crippen LogP contribution in [-0.2, 0) is 11.3 Å². The van der Waals surface area contributed by atoms with Gasteiger partial charge in [0, 0.05) is 38.8 Å². The van der Waals surface area contributed by atoms with Crippen molar-refractivity contribution in [3.63, 3.8) is 0 Å². The highest BCUT2D eigenvalue weighted by Gasteiger charge is 2.40. The molecular weight excluding hydrogens is 314 g/mol. The number of fused-ring (bicyclic) bond motifs is 1. The number of phenolic OH excluding ortho intramolecular Hbond substituents is 1. The Morgan fingerprint density at radius 1 is 1.16 bits per heavy atom. The number of hydrogen-bond donors (Lipinski definition) is 2. The molecule has 136 valence electrons. The van der Waals surface area contributed by atoms with Crippen LogP contribution < -0.4 is 5.32 Å². The zero-order chi connectivity index (χ0) is 17.2. The molecule has 3 aliphatic rings. The lowest BCUT2D eigenvalue weighted by atomic mass is 9.85. The number of hydrogen-bond acceptors (Lipinski definition) is 4. The van der Waals surface area contributed by atoms with Crippen molar-refractivity contribution in [1.29, 1.82) is 0 Å². The first-order valence-corrected chi connectivity index (χ1v) is 9.74. The third kappa shape index (κ3) is 3.82. The second-order valence-corrected chi connectivity index (χ2v) is 7.88. The highest BCUT2D eigenvalue weighted by atomic mass is 16.3. The van der Waals surface area contributed by atoms with Crippen LogP contribution in [0.4, 0.5) is 0 Å². The number of rotatable bonds is 3. The number of carbonyl (C=O) groups excluding carboxylic acids is 1. The molecule has 1 saturated carbocycles. The summed E-state index contributed by atoms with van der Waals surface area (Å²) in [6.45, 7) is 4.26. The molecule has 0 radical (unpaired) electrons. The van der Waals surface area contributed by atoms with E-state index < -0.39 is 0 Å². The largest absolute Gasteiger partial charge is 0.508 e. The van der Waals surface area contributed by atoms with Gasteiger partial charge < -0.3 is 15.3 Å². The number of phenols is 1. The van der Waals surface area contributed by atoms with Gasteiger partial charge in [0.1, 0.15) is 5.75 Å². The summed E-state index contributed by atoms with van der Waals surface area (Å²) in [6.07, 6.45) is 6.21. The number of nitrogens with zero attached hydrogens (tertiary/aromatic N) is 2. The van der Waals surface area contributed by atoms with E-state index >= 15 is 0 Å². The van der Waals surface area contributed by atoms with E-state index in [0.29, 0.717) is 17.7 Å². The van der Waals surface area contributed by atoms with Gasteiger partial charge >= 0.3 is 0 Å². The topological polar surface area (TPSA) is 55.8 Å². The van der Waals surface area contributed by atoms with Crippen molar-refractivity contribution >= 4 is 5.91 Å². The number of aromatic hydroxyl groups is 1. The first-order chi connectivity index (χ1) is 12.2. The Morgan fingerprint density at radius 2 is 1.96 bits per heavy atom. The van der Waals surface area contributed by atoms with Crippen molar-refractivity contribution in [3.05, 3.63) is 29.8 Å². The summed E-state index contributed by atoms with van der Waals surface area (Å²) in [6, 6.07) is 8.07. The van der Waals surface area contributed by atoms with Gasteiger partial charge in [0.2, 0.25) is 5.91 Å². The second-order valence-electron chi connectivity index (χ2n) is 7.88. The van der Waals surface area contributed by atoms with Crippen LogP contribution in [0, 0.1) is 5.92 Å². The molecule has 3 unspecified atom stereocenters. The number of benzene rings is 1. The Morgan fingerprint density at radius 3 is 2.72 bits per heavy atom. The fraction of sp³-hybridized carbons (Fsp3) is 0.650.